The highest BCUT2D eigenvalue weighted by Crippen LogP contribution is 2.29. The van der Waals surface area contributed by atoms with Crippen LogP contribution in [0, 0.1) is 0 Å². The van der Waals surface area contributed by atoms with E-state index in [2.05, 4.69) is 45.1 Å². The first-order valence-corrected chi connectivity index (χ1v) is 6.37. The molecule has 2 nitrogen and oxygen atoms in total. The largest absolute Gasteiger partial charge is 0.497 e. The van der Waals surface area contributed by atoms with E-state index in [9.17, 15) is 0 Å². The van der Waals surface area contributed by atoms with Crippen LogP contribution in [0.1, 0.15) is 39.7 Å². The van der Waals surface area contributed by atoms with Gasteiger partial charge in [0, 0.05) is 6.04 Å². The SMILES string of the molecule is CCNC(C)CC(C)(C)c1ccc(OC)cc1. The highest BCUT2D eigenvalue weighted by Gasteiger charge is 2.22. The van der Waals surface area contributed by atoms with Gasteiger partial charge in [0.05, 0.1) is 7.11 Å². The summed E-state index contributed by atoms with van der Waals surface area (Å²) in [6.45, 7) is 10.0. The zero-order valence-corrected chi connectivity index (χ0v) is 11.7. The molecule has 1 aromatic rings. The second-order valence-electron chi connectivity index (χ2n) is 5.28. The minimum Gasteiger partial charge on any atom is -0.497 e. The molecule has 0 saturated carbocycles. The summed E-state index contributed by atoms with van der Waals surface area (Å²) in [6.07, 6.45) is 1.13. The van der Waals surface area contributed by atoms with Crippen LogP contribution < -0.4 is 10.1 Å². The summed E-state index contributed by atoms with van der Waals surface area (Å²) in [7, 11) is 1.70. The summed E-state index contributed by atoms with van der Waals surface area (Å²) in [6, 6.07) is 8.94. The molecule has 2 heteroatoms. The van der Waals surface area contributed by atoms with Crippen molar-refractivity contribution in [3.8, 4) is 5.75 Å². The van der Waals surface area contributed by atoms with Gasteiger partial charge >= 0.3 is 0 Å². The minimum atomic E-state index is 0.188. The summed E-state index contributed by atoms with van der Waals surface area (Å²) in [5.74, 6) is 0.921. The average Bonchev–Trinajstić information content (AvgIpc) is 2.28. The molecule has 1 unspecified atom stereocenters. The topological polar surface area (TPSA) is 21.3 Å². The van der Waals surface area contributed by atoms with E-state index in [1.807, 2.05) is 12.1 Å². The zero-order chi connectivity index (χ0) is 12.9. The van der Waals surface area contributed by atoms with Gasteiger partial charge in [-0.2, -0.15) is 0 Å². The number of rotatable bonds is 6. The van der Waals surface area contributed by atoms with Crippen molar-refractivity contribution in [1.82, 2.24) is 5.32 Å². The maximum absolute atomic E-state index is 5.19. The predicted molar refractivity (Wildman–Crippen MR) is 73.8 cm³/mol. The monoisotopic (exact) mass is 235 g/mol. The van der Waals surface area contributed by atoms with Gasteiger partial charge in [-0.15, -0.1) is 0 Å². The first kappa shape index (κ1) is 14.0. The lowest BCUT2D eigenvalue weighted by Crippen LogP contribution is -2.33. The second kappa shape index (κ2) is 6.06. The average molecular weight is 235 g/mol. The van der Waals surface area contributed by atoms with Crippen molar-refractivity contribution < 1.29 is 4.74 Å². The van der Waals surface area contributed by atoms with Gasteiger partial charge in [-0.05, 0) is 43.0 Å². The van der Waals surface area contributed by atoms with Gasteiger partial charge in [-0.3, -0.25) is 0 Å². The van der Waals surface area contributed by atoms with Crippen LogP contribution in [0.5, 0.6) is 5.75 Å². The van der Waals surface area contributed by atoms with Crippen LogP contribution in [0.2, 0.25) is 0 Å². The van der Waals surface area contributed by atoms with Crippen molar-refractivity contribution in [2.75, 3.05) is 13.7 Å². The minimum absolute atomic E-state index is 0.188. The van der Waals surface area contributed by atoms with Crippen LogP contribution in [-0.4, -0.2) is 19.7 Å². The molecular weight excluding hydrogens is 210 g/mol. The fraction of sp³-hybridized carbons (Fsp3) is 0.600. The summed E-state index contributed by atoms with van der Waals surface area (Å²) < 4.78 is 5.19. The number of methoxy groups -OCH3 is 1. The molecule has 0 aliphatic rings. The summed E-state index contributed by atoms with van der Waals surface area (Å²) in [5, 5.41) is 3.47. The first-order valence-electron chi connectivity index (χ1n) is 6.37. The van der Waals surface area contributed by atoms with Gasteiger partial charge in [0.15, 0.2) is 0 Å². The van der Waals surface area contributed by atoms with Gasteiger partial charge in [0.25, 0.3) is 0 Å². The Morgan fingerprint density at radius 1 is 1.24 bits per heavy atom. The molecule has 0 aliphatic carbocycles. The molecule has 1 aromatic carbocycles. The van der Waals surface area contributed by atoms with Crippen LogP contribution in [-0.2, 0) is 5.41 Å². The van der Waals surface area contributed by atoms with E-state index in [1.165, 1.54) is 5.56 Å². The number of hydrogen-bond acceptors (Lipinski definition) is 2. The number of benzene rings is 1. The molecule has 1 rings (SSSR count). The van der Waals surface area contributed by atoms with Gasteiger partial charge in [-0.1, -0.05) is 32.9 Å². The van der Waals surface area contributed by atoms with Gasteiger partial charge in [-0.25, -0.2) is 0 Å². The quantitative estimate of drug-likeness (QED) is 0.816. The highest BCUT2D eigenvalue weighted by molar-refractivity contribution is 5.31. The molecule has 0 aromatic heterocycles. The third-order valence-electron chi connectivity index (χ3n) is 3.24. The van der Waals surface area contributed by atoms with Gasteiger partial charge < -0.3 is 10.1 Å². The molecule has 0 fully saturated rings. The Morgan fingerprint density at radius 3 is 2.29 bits per heavy atom. The fourth-order valence-corrected chi connectivity index (χ4v) is 2.35. The van der Waals surface area contributed by atoms with Crippen molar-refractivity contribution in [1.29, 1.82) is 0 Å². The molecule has 1 N–H and O–H groups in total. The molecule has 0 bridgehead atoms. The van der Waals surface area contributed by atoms with E-state index in [0.717, 1.165) is 18.7 Å². The fourth-order valence-electron chi connectivity index (χ4n) is 2.35. The molecule has 0 heterocycles. The Morgan fingerprint density at radius 2 is 1.82 bits per heavy atom. The van der Waals surface area contributed by atoms with Crippen LogP contribution in [0.25, 0.3) is 0 Å². The number of nitrogens with one attached hydrogen (secondary N) is 1. The smallest absolute Gasteiger partial charge is 0.118 e. The molecule has 0 saturated heterocycles. The molecule has 0 amide bonds. The zero-order valence-electron chi connectivity index (χ0n) is 11.7. The van der Waals surface area contributed by atoms with Gasteiger partial charge in [0.1, 0.15) is 5.75 Å². The van der Waals surface area contributed by atoms with Crippen molar-refractivity contribution in [2.24, 2.45) is 0 Å². The van der Waals surface area contributed by atoms with Crippen molar-refractivity contribution in [2.45, 2.75) is 45.6 Å². The van der Waals surface area contributed by atoms with E-state index in [0.29, 0.717) is 6.04 Å². The first-order chi connectivity index (χ1) is 7.99. The molecule has 0 radical (unpaired) electrons. The van der Waals surface area contributed by atoms with E-state index >= 15 is 0 Å². The maximum atomic E-state index is 5.19. The number of ether oxygens (including phenoxy) is 1. The molecule has 17 heavy (non-hydrogen) atoms. The summed E-state index contributed by atoms with van der Waals surface area (Å²) in [5.41, 5.74) is 1.55. The van der Waals surface area contributed by atoms with Crippen molar-refractivity contribution >= 4 is 0 Å². The Balaban J connectivity index is 2.73. The molecular formula is C15H25NO. The van der Waals surface area contributed by atoms with Crippen LogP contribution >= 0.6 is 0 Å². The van der Waals surface area contributed by atoms with Crippen LogP contribution in [0.3, 0.4) is 0 Å². The third-order valence-corrected chi connectivity index (χ3v) is 3.24. The Labute approximate surface area is 105 Å². The molecule has 0 aliphatic heterocycles. The van der Waals surface area contributed by atoms with Crippen molar-refractivity contribution in [3.63, 3.8) is 0 Å². The van der Waals surface area contributed by atoms with E-state index in [1.54, 1.807) is 7.11 Å². The Bertz CT molecular complexity index is 329. The molecule has 0 spiro atoms. The van der Waals surface area contributed by atoms with Crippen LogP contribution in [0.4, 0.5) is 0 Å². The van der Waals surface area contributed by atoms with Crippen molar-refractivity contribution in [3.05, 3.63) is 29.8 Å². The lowest BCUT2D eigenvalue weighted by Gasteiger charge is -2.29. The lowest BCUT2D eigenvalue weighted by molar-refractivity contribution is 0.392. The maximum Gasteiger partial charge on any atom is 0.118 e. The second-order valence-corrected chi connectivity index (χ2v) is 5.28. The van der Waals surface area contributed by atoms with E-state index in [-0.39, 0.29) is 5.41 Å². The summed E-state index contributed by atoms with van der Waals surface area (Å²) >= 11 is 0. The lowest BCUT2D eigenvalue weighted by atomic mass is 9.79. The predicted octanol–water partition coefficient (Wildman–Crippen LogP) is 3.36. The third kappa shape index (κ3) is 4.04. The van der Waals surface area contributed by atoms with E-state index < -0.39 is 0 Å². The standard InChI is InChI=1S/C15H25NO/c1-6-16-12(2)11-15(3,4)13-7-9-14(17-5)10-8-13/h7-10,12,16H,6,11H2,1-5H3. The van der Waals surface area contributed by atoms with E-state index in [4.69, 9.17) is 4.74 Å². The summed E-state index contributed by atoms with van der Waals surface area (Å²) in [4.78, 5) is 0. The Kier molecular flexibility index (Phi) is 5.01. The Hall–Kier alpha value is -1.02. The highest BCUT2D eigenvalue weighted by atomic mass is 16.5. The molecule has 96 valence electrons. The van der Waals surface area contributed by atoms with Crippen LogP contribution in [0.15, 0.2) is 24.3 Å². The molecule has 1 atom stereocenters. The number of hydrogen-bond donors (Lipinski definition) is 1. The normalized spacial score (nSPS) is 13.5. The van der Waals surface area contributed by atoms with Gasteiger partial charge in [0.2, 0.25) is 0 Å².